The Morgan fingerprint density at radius 2 is 1.78 bits per heavy atom. The van der Waals surface area contributed by atoms with Crippen molar-refractivity contribution in [1.29, 1.82) is 0 Å². The van der Waals surface area contributed by atoms with E-state index in [0.717, 1.165) is 25.7 Å². The minimum atomic E-state index is -3.80. The van der Waals surface area contributed by atoms with Gasteiger partial charge in [0, 0.05) is 31.1 Å². The van der Waals surface area contributed by atoms with Crippen LogP contribution in [0.2, 0.25) is 0 Å². The Morgan fingerprint density at radius 3 is 2.50 bits per heavy atom. The van der Waals surface area contributed by atoms with Crippen molar-refractivity contribution in [3.05, 3.63) is 42.5 Å². The number of rotatable bonds is 5. The second-order valence-corrected chi connectivity index (χ2v) is 10.3. The van der Waals surface area contributed by atoms with E-state index in [9.17, 15) is 13.2 Å². The second-order valence-electron chi connectivity index (χ2n) is 8.42. The first-order chi connectivity index (χ1) is 15.4. The molecule has 1 N–H and O–H groups in total. The summed E-state index contributed by atoms with van der Waals surface area (Å²) in [6, 6.07) is 10.7. The third-order valence-corrected chi connectivity index (χ3v) is 8.26. The largest absolute Gasteiger partial charge is 0.497 e. The second kappa shape index (κ2) is 7.97. The Labute approximate surface area is 187 Å². The summed E-state index contributed by atoms with van der Waals surface area (Å²) in [5, 5.41) is 2.86. The molecule has 2 aromatic carbocycles. The lowest BCUT2D eigenvalue weighted by Gasteiger charge is -2.23. The molecule has 5 rings (SSSR count). The maximum atomic E-state index is 13.2. The first kappa shape index (κ1) is 21.1. The van der Waals surface area contributed by atoms with E-state index in [1.54, 1.807) is 30.3 Å². The lowest BCUT2D eigenvalue weighted by atomic mass is 10.2. The fraction of sp³-hybridized carbons (Fsp3) is 0.435. The van der Waals surface area contributed by atoms with E-state index in [4.69, 9.17) is 14.2 Å². The van der Waals surface area contributed by atoms with Crippen LogP contribution in [0.15, 0.2) is 47.4 Å². The molecule has 0 radical (unpaired) electrons. The number of hydrogen-bond donors (Lipinski definition) is 1. The van der Waals surface area contributed by atoms with Crippen LogP contribution in [0.1, 0.15) is 38.5 Å². The summed E-state index contributed by atoms with van der Waals surface area (Å²) in [6.45, 7) is 0.302. The van der Waals surface area contributed by atoms with Crippen molar-refractivity contribution < 1.29 is 27.4 Å². The molecule has 2 fully saturated rings. The van der Waals surface area contributed by atoms with Gasteiger partial charge in [0.25, 0.3) is 5.79 Å². The van der Waals surface area contributed by atoms with Crippen LogP contribution in [0, 0.1) is 0 Å². The Balaban J connectivity index is 1.31. The number of anilines is 1. The predicted octanol–water partition coefficient (Wildman–Crippen LogP) is 3.53. The average molecular weight is 459 g/mol. The molecule has 0 bridgehead atoms. The highest BCUT2D eigenvalue weighted by molar-refractivity contribution is 7.89. The third-order valence-electron chi connectivity index (χ3n) is 6.34. The molecule has 0 unspecified atom stereocenters. The molecule has 2 heterocycles. The Bertz CT molecular complexity index is 1130. The van der Waals surface area contributed by atoms with Gasteiger partial charge in [-0.05, 0) is 62.1 Å². The van der Waals surface area contributed by atoms with E-state index in [0.29, 0.717) is 42.3 Å². The smallest absolute Gasteiger partial charge is 0.251 e. The maximum absolute atomic E-state index is 13.2. The van der Waals surface area contributed by atoms with E-state index in [1.807, 2.05) is 0 Å². The number of carbonyl (C=O) groups is 1. The number of nitrogens with one attached hydrogen (secondary N) is 1. The molecule has 3 aliphatic rings. The number of fused-ring (bicyclic) bond motifs is 1. The third kappa shape index (κ3) is 3.69. The monoisotopic (exact) mass is 458 g/mol. The standard InChI is InChI=1S/C23H26N2O6S/c1-29-17-7-9-18(10-8-17)32(27,28)25-14-4-5-19(25)22(26)24-16-6-11-20-21(15-16)31-23(30-20)12-2-3-13-23/h6-11,15,19H,2-5,12-14H2,1H3,(H,24,26)/t19-/m0/s1. The van der Waals surface area contributed by atoms with Crippen molar-refractivity contribution in [1.82, 2.24) is 4.31 Å². The van der Waals surface area contributed by atoms with E-state index in [1.165, 1.54) is 23.5 Å². The molecule has 170 valence electrons. The SMILES string of the molecule is COc1ccc(S(=O)(=O)N2CCC[C@H]2C(=O)Nc2ccc3c(c2)OC2(CCCC2)O3)cc1. The zero-order valence-corrected chi connectivity index (χ0v) is 18.7. The quantitative estimate of drug-likeness (QED) is 0.737. The molecular weight excluding hydrogens is 432 g/mol. The Hall–Kier alpha value is -2.78. The normalized spacial score (nSPS) is 21.7. The van der Waals surface area contributed by atoms with Crippen LogP contribution >= 0.6 is 0 Å². The van der Waals surface area contributed by atoms with E-state index >= 15 is 0 Å². The molecule has 32 heavy (non-hydrogen) atoms. The minimum absolute atomic E-state index is 0.142. The predicted molar refractivity (Wildman–Crippen MR) is 117 cm³/mol. The van der Waals surface area contributed by atoms with Gasteiger partial charge in [0.15, 0.2) is 11.5 Å². The number of hydrogen-bond acceptors (Lipinski definition) is 6. The van der Waals surface area contributed by atoms with Crippen LogP contribution in [0.3, 0.4) is 0 Å². The number of carbonyl (C=O) groups excluding carboxylic acids is 1. The molecule has 1 amide bonds. The summed E-state index contributed by atoms with van der Waals surface area (Å²) in [5.41, 5.74) is 0.557. The molecule has 1 spiro atoms. The van der Waals surface area contributed by atoms with E-state index in [-0.39, 0.29) is 10.8 Å². The zero-order valence-electron chi connectivity index (χ0n) is 17.9. The molecule has 2 aromatic rings. The molecule has 1 atom stereocenters. The van der Waals surface area contributed by atoms with Gasteiger partial charge in [-0.25, -0.2) is 8.42 Å². The lowest BCUT2D eigenvalue weighted by Crippen LogP contribution is -2.43. The van der Waals surface area contributed by atoms with Crippen LogP contribution in [0.4, 0.5) is 5.69 Å². The lowest BCUT2D eigenvalue weighted by molar-refractivity contribution is -0.119. The zero-order chi connectivity index (χ0) is 22.3. The van der Waals surface area contributed by atoms with Gasteiger partial charge >= 0.3 is 0 Å². The number of nitrogens with zero attached hydrogens (tertiary/aromatic N) is 1. The maximum Gasteiger partial charge on any atom is 0.251 e. The first-order valence-corrected chi connectivity index (χ1v) is 12.3. The molecule has 2 aliphatic heterocycles. The summed E-state index contributed by atoms with van der Waals surface area (Å²) in [5.74, 6) is 0.934. The van der Waals surface area contributed by atoms with Gasteiger partial charge in [-0.2, -0.15) is 4.31 Å². The molecule has 0 aromatic heterocycles. The summed E-state index contributed by atoms with van der Waals surface area (Å²) in [4.78, 5) is 13.2. The van der Waals surface area contributed by atoms with Crippen molar-refractivity contribution in [3.63, 3.8) is 0 Å². The van der Waals surface area contributed by atoms with Gasteiger partial charge in [0.05, 0.1) is 12.0 Å². The fourth-order valence-corrected chi connectivity index (χ4v) is 6.34. The van der Waals surface area contributed by atoms with Gasteiger partial charge in [0.1, 0.15) is 11.8 Å². The highest BCUT2D eigenvalue weighted by atomic mass is 32.2. The van der Waals surface area contributed by atoms with Gasteiger partial charge in [-0.15, -0.1) is 0 Å². The number of amides is 1. The Morgan fingerprint density at radius 1 is 1.06 bits per heavy atom. The molecule has 9 heteroatoms. The molecule has 1 saturated carbocycles. The molecule has 1 aliphatic carbocycles. The summed E-state index contributed by atoms with van der Waals surface area (Å²) in [7, 11) is -2.28. The molecular formula is C23H26N2O6S. The average Bonchev–Trinajstić information content (AvgIpc) is 3.53. The van der Waals surface area contributed by atoms with Crippen LogP contribution in [0.5, 0.6) is 17.2 Å². The summed E-state index contributed by atoms with van der Waals surface area (Å²) in [6.07, 6.45) is 4.93. The van der Waals surface area contributed by atoms with Crippen molar-refractivity contribution in [3.8, 4) is 17.2 Å². The number of sulfonamides is 1. The summed E-state index contributed by atoms with van der Waals surface area (Å²) < 4.78 is 44.8. The van der Waals surface area contributed by atoms with Crippen LogP contribution in [-0.2, 0) is 14.8 Å². The number of benzene rings is 2. The molecule has 8 nitrogen and oxygen atoms in total. The number of methoxy groups -OCH3 is 1. The highest BCUT2D eigenvalue weighted by Crippen LogP contribution is 2.47. The van der Waals surface area contributed by atoms with E-state index in [2.05, 4.69) is 5.32 Å². The topological polar surface area (TPSA) is 94.2 Å². The van der Waals surface area contributed by atoms with Crippen molar-refractivity contribution in [2.75, 3.05) is 19.0 Å². The van der Waals surface area contributed by atoms with Crippen LogP contribution < -0.4 is 19.5 Å². The highest BCUT2D eigenvalue weighted by Gasteiger charge is 2.44. The van der Waals surface area contributed by atoms with Gasteiger partial charge < -0.3 is 19.5 Å². The first-order valence-electron chi connectivity index (χ1n) is 10.9. The van der Waals surface area contributed by atoms with Gasteiger partial charge in [-0.3, -0.25) is 4.79 Å². The van der Waals surface area contributed by atoms with Gasteiger partial charge in [0.2, 0.25) is 15.9 Å². The van der Waals surface area contributed by atoms with Crippen molar-refractivity contribution >= 4 is 21.6 Å². The van der Waals surface area contributed by atoms with Crippen LogP contribution in [-0.4, -0.2) is 44.1 Å². The van der Waals surface area contributed by atoms with Gasteiger partial charge in [-0.1, -0.05) is 0 Å². The minimum Gasteiger partial charge on any atom is -0.497 e. The number of ether oxygens (including phenoxy) is 3. The summed E-state index contributed by atoms with van der Waals surface area (Å²) >= 11 is 0. The van der Waals surface area contributed by atoms with Crippen LogP contribution in [0.25, 0.3) is 0 Å². The Kier molecular flexibility index (Phi) is 5.25. The van der Waals surface area contributed by atoms with E-state index < -0.39 is 21.9 Å². The fourth-order valence-electron chi connectivity index (χ4n) is 4.69. The van der Waals surface area contributed by atoms with Crippen molar-refractivity contribution in [2.45, 2.75) is 55.2 Å². The van der Waals surface area contributed by atoms with Crippen molar-refractivity contribution in [2.24, 2.45) is 0 Å². The molecule has 1 saturated heterocycles.